The molecule has 96 valence electrons. The highest BCUT2D eigenvalue weighted by Crippen LogP contribution is 2.26. The minimum atomic E-state index is 0.823. The van der Waals surface area contributed by atoms with Crippen LogP contribution in [0.2, 0.25) is 0 Å². The van der Waals surface area contributed by atoms with Gasteiger partial charge in [0.1, 0.15) is 0 Å². The molecule has 0 unspecified atom stereocenters. The first-order valence-corrected chi connectivity index (χ1v) is 7.08. The molecule has 0 saturated carbocycles. The molecule has 3 heteroatoms. The van der Waals surface area contributed by atoms with Crippen molar-refractivity contribution in [3.05, 3.63) is 64.3 Å². The lowest BCUT2D eigenvalue weighted by atomic mass is 10.1. The maximum atomic E-state index is 3.62. The Morgan fingerprint density at radius 1 is 1.16 bits per heavy atom. The predicted molar refractivity (Wildman–Crippen MR) is 84.5 cm³/mol. The van der Waals surface area contributed by atoms with Gasteiger partial charge in [-0.15, -0.1) is 0 Å². The van der Waals surface area contributed by atoms with E-state index in [0.29, 0.717) is 0 Å². The number of halogens is 1. The van der Waals surface area contributed by atoms with Crippen LogP contribution in [0.4, 0.5) is 5.69 Å². The normalized spacial score (nSPS) is 10.8. The average molecular weight is 315 g/mol. The van der Waals surface area contributed by atoms with Gasteiger partial charge in [-0.1, -0.05) is 18.2 Å². The number of anilines is 1. The van der Waals surface area contributed by atoms with Gasteiger partial charge in [-0.2, -0.15) is 0 Å². The van der Waals surface area contributed by atoms with Crippen LogP contribution in [-0.4, -0.2) is 4.98 Å². The molecule has 0 saturated heterocycles. The fourth-order valence-electron chi connectivity index (χ4n) is 2.19. The number of rotatable bonds is 3. The Kier molecular flexibility index (Phi) is 3.30. The highest BCUT2D eigenvalue weighted by atomic mass is 79.9. The SMILES string of the molecule is Cc1cccc(NCc2ccc3[nH]ccc3c2)c1Br. The van der Waals surface area contributed by atoms with Crippen LogP contribution in [0.1, 0.15) is 11.1 Å². The fraction of sp³-hybridized carbons (Fsp3) is 0.125. The topological polar surface area (TPSA) is 27.8 Å². The lowest BCUT2D eigenvalue weighted by Crippen LogP contribution is -2.00. The molecule has 0 radical (unpaired) electrons. The van der Waals surface area contributed by atoms with Crippen LogP contribution in [0, 0.1) is 6.92 Å². The Balaban J connectivity index is 1.80. The van der Waals surface area contributed by atoms with E-state index in [4.69, 9.17) is 0 Å². The number of aromatic nitrogens is 1. The molecule has 1 heterocycles. The largest absolute Gasteiger partial charge is 0.380 e. The van der Waals surface area contributed by atoms with Crippen LogP contribution >= 0.6 is 15.9 Å². The third-order valence-electron chi connectivity index (χ3n) is 3.29. The smallest absolute Gasteiger partial charge is 0.0490 e. The molecule has 1 aromatic heterocycles. The zero-order valence-electron chi connectivity index (χ0n) is 10.7. The van der Waals surface area contributed by atoms with Crippen molar-refractivity contribution in [3.8, 4) is 0 Å². The summed E-state index contributed by atoms with van der Waals surface area (Å²) < 4.78 is 1.14. The second-order valence-electron chi connectivity index (χ2n) is 4.69. The predicted octanol–water partition coefficient (Wildman–Crippen LogP) is 4.85. The molecule has 2 aromatic carbocycles. The van der Waals surface area contributed by atoms with Gasteiger partial charge in [0.05, 0.1) is 0 Å². The van der Waals surface area contributed by atoms with Crippen molar-refractivity contribution < 1.29 is 0 Å². The molecule has 19 heavy (non-hydrogen) atoms. The van der Waals surface area contributed by atoms with Gasteiger partial charge >= 0.3 is 0 Å². The summed E-state index contributed by atoms with van der Waals surface area (Å²) in [5, 5.41) is 4.72. The molecule has 2 N–H and O–H groups in total. The second kappa shape index (κ2) is 5.10. The number of H-pyrrole nitrogens is 1. The van der Waals surface area contributed by atoms with Crippen molar-refractivity contribution in [1.29, 1.82) is 0 Å². The molecular weight excluding hydrogens is 300 g/mol. The minimum absolute atomic E-state index is 0.823. The Hall–Kier alpha value is -1.74. The summed E-state index contributed by atoms with van der Waals surface area (Å²) in [7, 11) is 0. The van der Waals surface area contributed by atoms with E-state index in [1.807, 2.05) is 6.20 Å². The van der Waals surface area contributed by atoms with Crippen LogP contribution in [0.15, 0.2) is 53.1 Å². The van der Waals surface area contributed by atoms with Gasteiger partial charge in [0.25, 0.3) is 0 Å². The number of hydrogen-bond acceptors (Lipinski definition) is 1. The molecule has 3 rings (SSSR count). The average Bonchev–Trinajstić information content (AvgIpc) is 2.88. The van der Waals surface area contributed by atoms with Crippen molar-refractivity contribution in [2.45, 2.75) is 13.5 Å². The first-order chi connectivity index (χ1) is 9.24. The van der Waals surface area contributed by atoms with Gasteiger partial charge in [-0.05, 0) is 63.6 Å². The van der Waals surface area contributed by atoms with Crippen molar-refractivity contribution in [2.24, 2.45) is 0 Å². The van der Waals surface area contributed by atoms with E-state index >= 15 is 0 Å². The van der Waals surface area contributed by atoms with Crippen molar-refractivity contribution in [2.75, 3.05) is 5.32 Å². The molecule has 0 aliphatic carbocycles. The Bertz CT molecular complexity index is 716. The molecule has 0 fully saturated rings. The van der Waals surface area contributed by atoms with Crippen LogP contribution in [0.5, 0.6) is 0 Å². The number of aromatic amines is 1. The summed E-state index contributed by atoms with van der Waals surface area (Å²) in [6, 6.07) is 14.8. The van der Waals surface area contributed by atoms with Gasteiger partial charge in [0.15, 0.2) is 0 Å². The first kappa shape index (κ1) is 12.3. The van der Waals surface area contributed by atoms with Gasteiger partial charge in [-0.25, -0.2) is 0 Å². The summed E-state index contributed by atoms with van der Waals surface area (Å²) in [5.41, 5.74) is 4.83. The van der Waals surface area contributed by atoms with Crippen LogP contribution in [0.3, 0.4) is 0 Å². The third kappa shape index (κ3) is 2.51. The Labute approximate surface area is 121 Å². The molecular formula is C16H15BrN2. The molecule has 0 amide bonds. The molecule has 2 nitrogen and oxygen atoms in total. The van der Waals surface area contributed by atoms with Crippen LogP contribution in [-0.2, 0) is 6.54 Å². The van der Waals surface area contributed by atoms with Crippen molar-refractivity contribution in [3.63, 3.8) is 0 Å². The number of hydrogen-bond donors (Lipinski definition) is 2. The number of benzene rings is 2. The van der Waals surface area contributed by atoms with E-state index in [1.54, 1.807) is 0 Å². The zero-order chi connectivity index (χ0) is 13.2. The Morgan fingerprint density at radius 2 is 2.05 bits per heavy atom. The van der Waals surface area contributed by atoms with Gasteiger partial charge in [0, 0.05) is 28.4 Å². The number of fused-ring (bicyclic) bond motifs is 1. The maximum Gasteiger partial charge on any atom is 0.0490 e. The third-order valence-corrected chi connectivity index (χ3v) is 4.35. The minimum Gasteiger partial charge on any atom is -0.380 e. The molecule has 0 atom stereocenters. The molecule has 3 aromatic rings. The summed E-state index contributed by atoms with van der Waals surface area (Å²) in [5.74, 6) is 0. The monoisotopic (exact) mass is 314 g/mol. The quantitative estimate of drug-likeness (QED) is 0.710. The lowest BCUT2D eigenvalue weighted by molar-refractivity contribution is 1.15. The molecule has 0 bridgehead atoms. The van der Waals surface area contributed by atoms with Crippen LogP contribution in [0.25, 0.3) is 10.9 Å². The lowest BCUT2D eigenvalue weighted by Gasteiger charge is -2.10. The van der Waals surface area contributed by atoms with E-state index in [1.165, 1.54) is 22.0 Å². The van der Waals surface area contributed by atoms with Gasteiger partial charge < -0.3 is 10.3 Å². The Morgan fingerprint density at radius 3 is 2.95 bits per heavy atom. The van der Waals surface area contributed by atoms with Crippen molar-refractivity contribution >= 4 is 32.5 Å². The summed E-state index contributed by atoms with van der Waals surface area (Å²) in [6.45, 7) is 2.92. The molecule has 0 aliphatic heterocycles. The van der Waals surface area contributed by atoms with E-state index in [2.05, 4.69) is 75.6 Å². The second-order valence-corrected chi connectivity index (χ2v) is 5.48. The van der Waals surface area contributed by atoms with E-state index in [0.717, 1.165) is 16.7 Å². The number of nitrogens with one attached hydrogen (secondary N) is 2. The zero-order valence-corrected chi connectivity index (χ0v) is 12.3. The van der Waals surface area contributed by atoms with Gasteiger partial charge in [-0.3, -0.25) is 0 Å². The maximum absolute atomic E-state index is 3.62. The summed E-state index contributed by atoms with van der Waals surface area (Å²) in [4.78, 5) is 3.21. The van der Waals surface area contributed by atoms with E-state index in [-0.39, 0.29) is 0 Å². The highest BCUT2D eigenvalue weighted by Gasteiger charge is 2.02. The standard InChI is InChI=1S/C16H15BrN2/c1-11-3-2-4-15(16(11)17)19-10-12-5-6-14-13(9-12)7-8-18-14/h2-9,18-19H,10H2,1H3. The van der Waals surface area contributed by atoms with Crippen LogP contribution < -0.4 is 5.32 Å². The molecule has 0 spiro atoms. The van der Waals surface area contributed by atoms with Gasteiger partial charge in [0.2, 0.25) is 0 Å². The molecule has 0 aliphatic rings. The number of aryl methyl sites for hydroxylation is 1. The summed E-state index contributed by atoms with van der Waals surface area (Å²) in [6.07, 6.45) is 1.97. The van der Waals surface area contributed by atoms with Crippen molar-refractivity contribution in [1.82, 2.24) is 4.98 Å². The first-order valence-electron chi connectivity index (χ1n) is 6.29. The fourth-order valence-corrected chi connectivity index (χ4v) is 2.60. The van der Waals surface area contributed by atoms with E-state index < -0.39 is 0 Å². The summed E-state index contributed by atoms with van der Waals surface area (Å²) >= 11 is 3.62. The van der Waals surface area contributed by atoms with E-state index in [9.17, 15) is 0 Å². The highest BCUT2D eigenvalue weighted by molar-refractivity contribution is 9.10.